The van der Waals surface area contributed by atoms with E-state index in [0.29, 0.717) is 44.5 Å². The van der Waals surface area contributed by atoms with Gasteiger partial charge < -0.3 is 25.5 Å². The number of benzene rings is 1. The molecule has 30 heavy (non-hydrogen) atoms. The van der Waals surface area contributed by atoms with Crippen LogP contribution in [0, 0.1) is 5.92 Å². The van der Waals surface area contributed by atoms with Crippen LogP contribution in [0.4, 0.5) is 5.69 Å². The lowest BCUT2D eigenvalue weighted by atomic mass is 9.95. The number of hydrogen-bond acceptors (Lipinski definition) is 5. The number of carbonyl (C=O) groups is 3. The highest BCUT2D eigenvalue weighted by atomic mass is 16.3. The summed E-state index contributed by atoms with van der Waals surface area (Å²) < 4.78 is 0. The van der Waals surface area contributed by atoms with Crippen LogP contribution in [0.3, 0.4) is 0 Å². The van der Waals surface area contributed by atoms with Crippen molar-refractivity contribution in [2.45, 2.75) is 57.3 Å². The number of fused-ring (bicyclic) bond motifs is 1. The van der Waals surface area contributed by atoms with Crippen LogP contribution in [0.1, 0.15) is 49.9 Å². The van der Waals surface area contributed by atoms with E-state index in [1.165, 1.54) is 0 Å². The SMILES string of the molecule is C[C@@H]1CN(C(=O)[C@H](C)N2CC[C@]3(CCC2=O)NC(=O)c2ccccc2N3)CC[C@@H]1O. The molecule has 8 nitrogen and oxygen atoms in total. The molecule has 0 radical (unpaired) electrons. The molecular formula is C22H30N4O4. The molecule has 0 aromatic heterocycles. The van der Waals surface area contributed by atoms with Crippen molar-refractivity contribution in [3.05, 3.63) is 29.8 Å². The van der Waals surface area contributed by atoms with Gasteiger partial charge in [0.25, 0.3) is 5.91 Å². The van der Waals surface area contributed by atoms with Gasteiger partial charge in [-0.3, -0.25) is 14.4 Å². The fraction of sp³-hybridized carbons (Fsp3) is 0.591. The number of nitrogens with zero attached hydrogens (tertiary/aromatic N) is 2. The van der Waals surface area contributed by atoms with Crippen LogP contribution in [0.15, 0.2) is 24.3 Å². The Morgan fingerprint density at radius 1 is 1.20 bits per heavy atom. The van der Waals surface area contributed by atoms with Crippen molar-refractivity contribution >= 4 is 23.4 Å². The van der Waals surface area contributed by atoms with Crippen LogP contribution in [0.2, 0.25) is 0 Å². The summed E-state index contributed by atoms with van der Waals surface area (Å²) in [6.07, 6.45) is 1.42. The van der Waals surface area contributed by atoms with E-state index in [4.69, 9.17) is 0 Å². The van der Waals surface area contributed by atoms with E-state index >= 15 is 0 Å². The highest BCUT2D eigenvalue weighted by Gasteiger charge is 2.42. The van der Waals surface area contributed by atoms with Crippen LogP contribution in [0.25, 0.3) is 0 Å². The van der Waals surface area contributed by atoms with Crippen LogP contribution < -0.4 is 10.6 Å². The maximum absolute atomic E-state index is 13.1. The number of amides is 3. The van der Waals surface area contributed by atoms with Gasteiger partial charge in [0.2, 0.25) is 11.8 Å². The Bertz CT molecular complexity index is 859. The van der Waals surface area contributed by atoms with Gasteiger partial charge in [-0.25, -0.2) is 0 Å². The second-order valence-electron chi connectivity index (χ2n) is 8.84. The van der Waals surface area contributed by atoms with Gasteiger partial charge in [-0.1, -0.05) is 19.1 Å². The molecule has 0 bridgehead atoms. The number of aliphatic hydroxyl groups excluding tert-OH is 1. The molecule has 2 fully saturated rings. The van der Waals surface area contributed by atoms with Crippen molar-refractivity contribution in [2.24, 2.45) is 5.92 Å². The summed E-state index contributed by atoms with van der Waals surface area (Å²) in [7, 11) is 0. The molecule has 1 aromatic rings. The third-order valence-electron chi connectivity index (χ3n) is 6.76. The Balaban J connectivity index is 1.47. The number of nitrogens with one attached hydrogen (secondary N) is 2. The van der Waals surface area contributed by atoms with Crippen LogP contribution in [-0.2, 0) is 9.59 Å². The zero-order valence-electron chi connectivity index (χ0n) is 17.6. The molecule has 0 unspecified atom stereocenters. The number of piperidine rings is 1. The molecule has 3 heterocycles. The van der Waals surface area contributed by atoms with Crippen LogP contribution in [0.5, 0.6) is 0 Å². The van der Waals surface area contributed by atoms with Crippen molar-refractivity contribution < 1.29 is 19.5 Å². The molecule has 2 saturated heterocycles. The minimum atomic E-state index is -0.692. The van der Waals surface area contributed by atoms with Gasteiger partial charge >= 0.3 is 0 Å². The molecular weight excluding hydrogens is 384 g/mol. The number of para-hydroxylation sites is 1. The first-order valence-electron chi connectivity index (χ1n) is 10.8. The van der Waals surface area contributed by atoms with Gasteiger partial charge in [-0.15, -0.1) is 0 Å². The lowest BCUT2D eigenvalue weighted by Crippen LogP contribution is -2.58. The molecule has 162 valence electrons. The number of rotatable bonds is 2. The van der Waals surface area contributed by atoms with Gasteiger partial charge in [0.05, 0.1) is 11.7 Å². The second-order valence-corrected chi connectivity index (χ2v) is 8.84. The van der Waals surface area contributed by atoms with E-state index in [0.717, 1.165) is 5.69 Å². The Kier molecular flexibility index (Phi) is 5.44. The molecule has 0 aliphatic carbocycles. The second kappa shape index (κ2) is 7.91. The van der Waals surface area contributed by atoms with E-state index in [9.17, 15) is 19.5 Å². The average molecular weight is 415 g/mol. The Hall–Kier alpha value is -2.61. The third kappa shape index (κ3) is 3.76. The predicted octanol–water partition coefficient (Wildman–Crippen LogP) is 1.17. The highest BCUT2D eigenvalue weighted by molar-refractivity contribution is 6.02. The summed E-state index contributed by atoms with van der Waals surface area (Å²) >= 11 is 0. The van der Waals surface area contributed by atoms with Gasteiger partial charge in [0.15, 0.2) is 0 Å². The molecule has 1 aromatic carbocycles. The summed E-state index contributed by atoms with van der Waals surface area (Å²) in [5.41, 5.74) is 0.676. The first kappa shape index (κ1) is 20.7. The molecule has 0 saturated carbocycles. The standard InChI is InChI=1S/C22H30N4O4/c1-14-13-25(11-8-18(14)27)21(30)15(2)26-12-10-22(9-7-19(26)28)23-17-6-4-3-5-16(17)20(29)24-22/h3-6,14-15,18,23,27H,7-13H2,1-2H3,(H,24,29)/t14-,15+,18+,22+/m1/s1. The zero-order valence-corrected chi connectivity index (χ0v) is 17.6. The maximum atomic E-state index is 13.1. The van der Waals surface area contributed by atoms with Crippen molar-refractivity contribution in [2.75, 3.05) is 25.0 Å². The van der Waals surface area contributed by atoms with E-state index < -0.39 is 11.7 Å². The minimum Gasteiger partial charge on any atom is -0.393 e. The number of anilines is 1. The number of hydrogen-bond donors (Lipinski definition) is 3. The van der Waals surface area contributed by atoms with E-state index in [2.05, 4.69) is 10.6 Å². The Morgan fingerprint density at radius 2 is 1.97 bits per heavy atom. The molecule has 3 aliphatic heterocycles. The fourth-order valence-electron chi connectivity index (χ4n) is 4.78. The first-order valence-corrected chi connectivity index (χ1v) is 10.8. The maximum Gasteiger partial charge on any atom is 0.255 e. The summed E-state index contributed by atoms with van der Waals surface area (Å²) in [5.74, 6) is -0.272. The van der Waals surface area contributed by atoms with Crippen molar-refractivity contribution in [3.8, 4) is 0 Å². The largest absolute Gasteiger partial charge is 0.393 e. The summed E-state index contributed by atoms with van der Waals surface area (Å²) in [6, 6.07) is 6.78. The molecule has 3 N–H and O–H groups in total. The Labute approximate surface area is 176 Å². The molecule has 4 rings (SSSR count). The fourth-order valence-corrected chi connectivity index (χ4v) is 4.78. The molecule has 3 amide bonds. The first-order chi connectivity index (χ1) is 14.3. The van der Waals surface area contributed by atoms with E-state index in [-0.39, 0.29) is 36.2 Å². The normalized spacial score (nSPS) is 30.2. The smallest absolute Gasteiger partial charge is 0.255 e. The lowest BCUT2D eigenvalue weighted by Gasteiger charge is -2.40. The van der Waals surface area contributed by atoms with Crippen molar-refractivity contribution in [1.82, 2.24) is 15.1 Å². The van der Waals surface area contributed by atoms with Gasteiger partial charge in [-0.05, 0) is 37.8 Å². The Morgan fingerprint density at radius 3 is 2.73 bits per heavy atom. The summed E-state index contributed by atoms with van der Waals surface area (Å²) in [6.45, 7) is 5.11. The number of carbonyl (C=O) groups excluding carboxylic acids is 3. The minimum absolute atomic E-state index is 0.0275. The highest BCUT2D eigenvalue weighted by Crippen LogP contribution is 2.32. The van der Waals surface area contributed by atoms with Crippen molar-refractivity contribution in [1.29, 1.82) is 0 Å². The van der Waals surface area contributed by atoms with E-state index in [1.54, 1.807) is 22.8 Å². The lowest BCUT2D eigenvalue weighted by molar-refractivity contribution is -0.147. The van der Waals surface area contributed by atoms with Crippen LogP contribution >= 0.6 is 0 Å². The zero-order chi connectivity index (χ0) is 21.5. The number of likely N-dealkylation sites (tertiary alicyclic amines) is 2. The quantitative estimate of drug-likeness (QED) is 0.674. The van der Waals surface area contributed by atoms with E-state index in [1.807, 2.05) is 25.1 Å². The summed E-state index contributed by atoms with van der Waals surface area (Å²) in [5, 5.41) is 16.4. The van der Waals surface area contributed by atoms with Gasteiger partial charge in [0.1, 0.15) is 11.7 Å². The molecule has 4 atom stereocenters. The third-order valence-corrected chi connectivity index (χ3v) is 6.76. The molecule has 3 aliphatic rings. The summed E-state index contributed by atoms with van der Waals surface area (Å²) in [4.78, 5) is 41.9. The van der Waals surface area contributed by atoms with Crippen molar-refractivity contribution in [3.63, 3.8) is 0 Å². The molecule has 8 heteroatoms. The number of aliphatic hydroxyl groups is 1. The molecule has 1 spiro atoms. The monoisotopic (exact) mass is 414 g/mol. The average Bonchev–Trinajstić information content (AvgIpc) is 2.88. The topological polar surface area (TPSA) is 102 Å². The van der Waals surface area contributed by atoms with Gasteiger partial charge in [-0.2, -0.15) is 0 Å². The van der Waals surface area contributed by atoms with Crippen LogP contribution in [-0.4, -0.2) is 70.1 Å². The van der Waals surface area contributed by atoms with Gasteiger partial charge in [0, 0.05) is 38.2 Å². The predicted molar refractivity (Wildman–Crippen MR) is 112 cm³/mol.